The molecule has 0 aliphatic rings. The van der Waals surface area contributed by atoms with Crippen LogP contribution in [0, 0.1) is 0 Å². The van der Waals surface area contributed by atoms with Crippen molar-refractivity contribution >= 4 is 34.8 Å². The average Bonchev–Trinajstić information content (AvgIpc) is 2.80. The fourth-order valence-corrected chi connectivity index (χ4v) is 3.27. The van der Waals surface area contributed by atoms with Crippen molar-refractivity contribution in [2.24, 2.45) is 0 Å². The molecule has 3 aromatic carbocycles. The summed E-state index contributed by atoms with van der Waals surface area (Å²) >= 11 is 6.07. The van der Waals surface area contributed by atoms with E-state index in [0.29, 0.717) is 33.8 Å². The van der Waals surface area contributed by atoms with E-state index in [2.05, 4.69) is 24.5 Å². The lowest BCUT2D eigenvalue weighted by Crippen LogP contribution is -2.30. The predicted molar refractivity (Wildman–Crippen MR) is 131 cm³/mol. The lowest BCUT2D eigenvalue weighted by Gasteiger charge is -2.16. The van der Waals surface area contributed by atoms with Gasteiger partial charge in [0.05, 0.1) is 5.02 Å². The van der Waals surface area contributed by atoms with Crippen molar-refractivity contribution in [1.82, 2.24) is 0 Å². The van der Waals surface area contributed by atoms with E-state index in [9.17, 15) is 9.59 Å². The normalized spacial score (nSPS) is 11.5. The molecule has 0 bridgehead atoms. The van der Waals surface area contributed by atoms with E-state index in [1.807, 2.05) is 24.3 Å². The number of carbonyl (C=O) groups is 2. The van der Waals surface area contributed by atoms with Crippen LogP contribution in [0.4, 0.5) is 11.4 Å². The lowest BCUT2D eigenvalue weighted by atomic mass is 10.0. The summed E-state index contributed by atoms with van der Waals surface area (Å²) in [4.78, 5) is 24.7. The van der Waals surface area contributed by atoms with Crippen molar-refractivity contribution in [3.63, 3.8) is 0 Å². The molecule has 2 amide bonds. The molecule has 0 saturated heterocycles. The third-order valence-electron chi connectivity index (χ3n) is 4.85. The topological polar surface area (TPSA) is 76.7 Å². The van der Waals surface area contributed by atoms with E-state index in [4.69, 9.17) is 21.1 Å². The van der Waals surface area contributed by atoms with Crippen LogP contribution in [0.1, 0.15) is 32.3 Å². The number of halogens is 1. The summed E-state index contributed by atoms with van der Waals surface area (Å²) in [6, 6.07) is 21.5. The number of rotatable bonds is 9. The van der Waals surface area contributed by atoms with Crippen LogP contribution in [-0.2, 0) is 9.59 Å². The molecule has 172 valence electrons. The van der Waals surface area contributed by atoms with Crippen molar-refractivity contribution in [1.29, 1.82) is 0 Å². The number of benzene rings is 3. The van der Waals surface area contributed by atoms with Gasteiger partial charge in [0.2, 0.25) is 0 Å². The summed E-state index contributed by atoms with van der Waals surface area (Å²) in [5, 5.41) is 6.01. The van der Waals surface area contributed by atoms with Crippen LogP contribution in [0.3, 0.4) is 0 Å². The minimum absolute atomic E-state index is 0.0981. The Morgan fingerprint density at radius 1 is 0.818 bits per heavy atom. The maximum absolute atomic E-state index is 12.4. The number of carbonyl (C=O) groups excluding carboxylic acids is 2. The standard InChI is InChI=1S/C26H27ClN2O4/c1-17(2)21-8-4-6-10-23(21)32-16-25(30)28-19-12-14-20(15-13-19)29-26(31)18(3)33-24-11-7-5-9-22(24)27/h4-15,17-18H,16H2,1-3H3,(H,28,30)(H,29,31). The third kappa shape index (κ3) is 6.99. The van der Waals surface area contributed by atoms with E-state index < -0.39 is 6.10 Å². The zero-order valence-electron chi connectivity index (χ0n) is 18.8. The molecule has 0 aliphatic heterocycles. The van der Waals surface area contributed by atoms with Crippen LogP contribution in [0.2, 0.25) is 5.02 Å². The molecule has 0 radical (unpaired) electrons. The summed E-state index contributed by atoms with van der Waals surface area (Å²) in [6.45, 7) is 5.70. The number of ether oxygens (including phenoxy) is 2. The van der Waals surface area contributed by atoms with Gasteiger partial charge in [-0.2, -0.15) is 0 Å². The molecular formula is C26H27ClN2O4. The fourth-order valence-electron chi connectivity index (χ4n) is 3.09. The summed E-state index contributed by atoms with van der Waals surface area (Å²) in [7, 11) is 0. The molecular weight excluding hydrogens is 440 g/mol. The van der Waals surface area contributed by atoms with E-state index in [0.717, 1.165) is 5.56 Å². The van der Waals surface area contributed by atoms with Gasteiger partial charge >= 0.3 is 0 Å². The van der Waals surface area contributed by atoms with Gasteiger partial charge in [0, 0.05) is 11.4 Å². The van der Waals surface area contributed by atoms with Crippen molar-refractivity contribution in [2.45, 2.75) is 32.8 Å². The average molecular weight is 467 g/mol. The molecule has 3 aromatic rings. The van der Waals surface area contributed by atoms with Crippen molar-refractivity contribution < 1.29 is 19.1 Å². The third-order valence-corrected chi connectivity index (χ3v) is 5.16. The first-order valence-corrected chi connectivity index (χ1v) is 11.0. The Bertz CT molecular complexity index is 1100. The first-order valence-electron chi connectivity index (χ1n) is 10.7. The highest BCUT2D eigenvalue weighted by atomic mass is 35.5. The van der Waals surface area contributed by atoms with Crippen molar-refractivity contribution in [2.75, 3.05) is 17.2 Å². The number of nitrogens with one attached hydrogen (secondary N) is 2. The van der Waals surface area contributed by atoms with Gasteiger partial charge in [-0.3, -0.25) is 9.59 Å². The fraction of sp³-hybridized carbons (Fsp3) is 0.231. The van der Waals surface area contributed by atoms with Gasteiger partial charge in [0.25, 0.3) is 11.8 Å². The van der Waals surface area contributed by atoms with Crippen LogP contribution in [0.15, 0.2) is 72.8 Å². The van der Waals surface area contributed by atoms with Crippen LogP contribution in [-0.4, -0.2) is 24.5 Å². The zero-order chi connectivity index (χ0) is 23.8. The highest BCUT2D eigenvalue weighted by Crippen LogP contribution is 2.26. The highest BCUT2D eigenvalue weighted by molar-refractivity contribution is 6.32. The summed E-state index contributed by atoms with van der Waals surface area (Å²) in [6.07, 6.45) is -0.741. The van der Waals surface area contributed by atoms with Gasteiger partial charge in [0.15, 0.2) is 12.7 Å². The molecule has 0 aromatic heterocycles. The van der Waals surface area contributed by atoms with Crippen LogP contribution < -0.4 is 20.1 Å². The minimum atomic E-state index is -0.741. The molecule has 0 spiro atoms. The van der Waals surface area contributed by atoms with E-state index >= 15 is 0 Å². The Balaban J connectivity index is 1.50. The van der Waals surface area contributed by atoms with Gasteiger partial charge in [-0.25, -0.2) is 0 Å². The van der Waals surface area contributed by atoms with E-state index in [1.165, 1.54) is 0 Å². The molecule has 0 fully saturated rings. The smallest absolute Gasteiger partial charge is 0.265 e. The Morgan fingerprint density at radius 3 is 2.03 bits per heavy atom. The van der Waals surface area contributed by atoms with E-state index in [1.54, 1.807) is 55.5 Å². The molecule has 0 heterocycles. The number of anilines is 2. The highest BCUT2D eigenvalue weighted by Gasteiger charge is 2.16. The summed E-state index contributed by atoms with van der Waals surface area (Å²) in [5.74, 6) is 0.854. The SMILES string of the molecule is CC(Oc1ccccc1Cl)C(=O)Nc1ccc(NC(=O)COc2ccccc2C(C)C)cc1. The first kappa shape index (κ1) is 24.1. The Kier molecular flexibility index (Phi) is 8.33. The molecule has 0 aliphatic carbocycles. The van der Waals surface area contributed by atoms with Crippen LogP contribution in [0.25, 0.3) is 0 Å². The Labute approximate surface area is 198 Å². The van der Waals surface area contributed by atoms with Crippen molar-refractivity contribution in [3.8, 4) is 11.5 Å². The largest absolute Gasteiger partial charge is 0.483 e. The molecule has 2 N–H and O–H groups in total. The maximum atomic E-state index is 12.4. The second kappa shape index (κ2) is 11.4. The maximum Gasteiger partial charge on any atom is 0.265 e. The monoisotopic (exact) mass is 466 g/mol. The second-order valence-electron chi connectivity index (χ2n) is 7.79. The molecule has 1 atom stereocenters. The van der Waals surface area contributed by atoms with Crippen LogP contribution in [0.5, 0.6) is 11.5 Å². The molecule has 1 unspecified atom stereocenters. The number of para-hydroxylation sites is 2. The number of amides is 2. The molecule has 3 rings (SSSR count). The van der Waals surface area contributed by atoms with Gasteiger partial charge in [-0.15, -0.1) is 0 Å². The predicted octanol–water partition coefficient (Wildman–Crippen LogP) is 5.89. The number of hydrogen-bond donors (Lipinski definition) is 2. The molecule has 7 heteroatoms. The van der Waals surface area contributed by atoms with Gasteiger partial charge in [-0.1, -0.05) is 55.8 Å². The lowest BCUT2D eigenvalue weighted by molar-refractivity contribution is -0.122. The van der Waals surface area contributed by atoms with Crippen molar-refractivity contribution in [3.05, 3.63) is 83.4 Å². The summed E-state index contributed by atoms with van der Waals surface area (Å²) < 4.78 is 11.3. The van der Waals surface area contributed by atoms with Crippen LogP contribution >= 0.6 is 11.6 Å². The first-order chi connectivity index (χ1) is 15.8. The second-order valence-corrected chi connectivity index (χ2v) is 8.19. The Morgan fingerprint density at radius 2 is 1.39 bits per heavy atom. The van der Waals surface area contributed by atoms with Gasteiger partial charge < -0.3 is 20.1 Å². The zero-order valence-corrected chi connectivity index (χ0v) is 19.6. The number of hydrogen-bond acceptors (Lipinski definition) is 4. The molecule has 6 nitrogen and oxygen atoms in total. The van der Waals surface area contributed by atoms with Gasteiger partial charge in [-0.05, 0) is 60.9 Å². The summed E-state index contributed by atoms with van der Waals surface area (Å²) in [5.41, 5.74) is 2.23. The van der Waals surface area contributed by atoms with Gasteiger partial charge in [0.1, 0.15) is 11.5 Å². The molecule has 33 heavy (non-hydrogen) atoms. The minimum Gasteiger partial charge on any atom is -0.483 e. The Hall–Kier alpha value is -3.51. The quantitative estimate of drug-likeness (QED) is 0.412. The van der Waals surface area contributed by atoms with E-state index in [-0.39, 0.29) is 18.4 Å². The molecule has 0 saturated carbocycles.